The van der Waals surface area contributed by atoms with Gasteiger partial charge in [-0.3, -0.25) is 4.79 Å². The van der Waals surface area contributed by atoms with E-state index in [0.29, 0.717) is 23.2 Å². The van der Waals surface area contributed by atoms with Gasteiger partial charge >= 0.3 is 12.1 Å². The van der Waals surface area contributed by atoms with Crippen LogP contribution in [0.5, 0.6) is 0 Å². The molecule has 2 fully saturated rings. The Morgan fingerprint density at radius 1 is 1.15 bits per heavy atom. The lowest BCUT2D eigenvalue weighted by molar-refractivity contribution is -0.159. The van der Waals surface area contributed by atoms with Crippen LogP contribution in [0.3, 0.4) is 0 Å². The molecule has 26 heavy (non-hydrogen) atoms. The molecule has 9 heteroatoms. The fourth-order valence-corrected chi connectivity index (χ4v) is 3.67. The van der Waals surface area contributed by atoms with Crippen LogP contribution in [0.1, 0.15) is 41.9 Å². The van der Waals surface area contributed by atoms with E-state index in [2.05, 4.69) is 25.3 Å². The third kappa shape index (κ3) is 3.44. The number of nitrogens with zero attached hydrogens (tertiary/aromatic N) is 2. The zero-order valence-corrected chi connectivity index (χ0v) is 13.7. The number of halogens is 3. The molecule has 1 unspecified atom stereocenters. The number of carbonyl (C=O) groups is 1. The van der Waals surface area contributed by atoms with Gasteiger partial charge in [-0.1, -0.05) is 17.3 Å². The number of piperidine rings is 1. The van der Waals surface area contributed by atoms with Gasteiger partial charge in [0.15, 0.2) is 0 Å². The normalized spacial score (nSPS) is 25.3. The molecule has 1 amide bonds. The summed E-state index contributed by atoms with van der Waals surface area (Å²) in [4.78, 5) is 15.7. The monoisotopic (exact) mass is 366 g/mol. The molecule has 0 saturated carbocycles. The highest BCUT2D eigenvalue weighted by Gasteiger charge is 2.38. The maximum atomic E-state index is 12.5. The standard InChI is InChI=1S/C17H17F3N4O2/c18-17(19,20)16-23-14(24-26-16)9-1-3-10(4-2-9)15(25)22-13-7-11-5-6-12(8-13)21-11/h1-4,11-13,21H,5-8H2,(H,22,25)/t11-,12+,13?. The lowest BCUT2D eigenvalue weighted by Crippen LogP contribution is -2.48. The van der Waals surface area contributed by atoms with E-state index in [1.165, 1.54) is 12.1 Å². The number of amides is 1. The van der Waals surface area contributed by atoms with Gasteiger partial charge in [0, 0.05) is 29.3 Å². The largest absolute Gasteiger partial charge is 0.471 e. The van der Waals surface area contributed by atoms with Crippen LogP contribution >= 0.6 is 0 Å². The van der Waals surface area contributed by atoms with E-state index < -0.39 is 12.1 Å². The number of fused-ring (bicyclic) bond motifs is 2. The number of benzene rings is 1. The number of nitrogens with one attached hydrogen (secondary N) is 2. The Morgan fingerprint density at radius 2 is 1.81 bits per heavy atom. The van der Waals surface area contributed by atoms with Gasteiger partial charge < -0.3 is 15.2 Å². The van der Waals surface area contributed by atoms with Gasteiger partial charge in [0.2, 0.25) is 5.82 Å². The maximum absolute atomic E-state index is 12.5. The molecule has 3 heterocycles. The highest BCUT2D eigenvalue weighted by Crippen LogP contribution is 2.29. The minimum absolute atomic E-state index is 0.146. The summed E-state index contributed by atoms with van der Waals surface area (Å²) in [6.45, 7) is 0. The fraction of sp³-hybridized carbons (Fsp3) is 0.471. The second-order valence-corrected chi connectivity index (χ2v) is 6.78. The number of aromatic nitrogens is 2. The quantitative estimate of drug-likeness (QED) is 0.873. The van der Waals surface area contributed by atoms with Gasteiger partial charge in [-0.2, -0.15) is 18.2 Å². The van der Waals surface area contributed by atoms with Crippen LogP contribution in [0.4, 0.5) is 13.2 Å². The van der Waals surface area contributed by atoms with Crippen LogP contribution in [-0.2, 0) is 6.18 Å². The fourth-order valence-electron chi connectivity index (χ4n) is 3.67. The van der Waals surface area contributed by atoms with E-state index in [9.17, 15) is 18.0 Å². The third-order valence-electron chi connectivity index (χ3n) is 4.88. The second kappa shape index (κ2) is 6.39. The molecule has 2 N–H and O–H groups in total. The summed E-state index contributed by atoms with van der Waals surface area (Å²) in [5, 5.41) is 9.89. The van der Waals surface area contributed by atoms with Crippen molar-refractivity contribution < 1.29 is 22.5 Å². The van der Waals surface area contributed by atoms with Crippen molar-refractivity contribution in [2.75, 3.05) is 0 Å². The summed E-state index contributed by atoms with van der Waals surface area (Å²) >= 11 is 0. The van der Waals surface area contributed by atoms with Gasteiger partial charge in [0.1, 0.15) is 0 Å². The van der Waals surface area contributed by atoms with Crippen LogP contribution in [0, 0.1) is 0 Å². The third-order valence-corrected chi connectivity index (χ3v) is 4.88. The maximum Gasteiger partial charge on any atom is 0.471 e. The highest BCUT2D eigenvalue weighted by atomic mass is 19.4. The van der Waals surface area contributed by atoms with E-state index in [-0.39, 0.29) is 17.8 Å². The smallest absolute Gasteiger partial charge is 0.349 e. The average molecular weight is 366 g/mol. The Labute approximate surface area is 147 Å². The van der Waals surface area contributed by atoms with Crippen LogP contribution in [0.25, 0.3) is 11.4 Å². The second-order valence-electron chi connectivity index (χ2n) is 6.78. The zero-order valence-electron chi connectivity index (χ0n) is 13.7. The number of carbonyl (C=O) groups excluding carboxylic acids is 1. The van der Waals surface area contributed by atoms with Gasteiger partial charge in [-0.05, 0) is 37.8 Å². The first-order valence-electron chi connectivity index (χ1n) is 8.47. The topological polar surface area (TPSA) is 80.0 Å². The van der Waals surface area contributed by atoms with E-state index in [1.54, 1.807) is 12.1 Å². The summed E-state index contributed by atoms with van der Waals surface area (Å²) in [6.07, 6.45) is -0.543. The van der Waals surface area contributed by atoms with Crippen molar-refractivity contribution in [1.29, 1.82) is 0 Å². The molecule has 2 aliphatic heterocycles. The van der Waals surface area contributed by atoms with Crippen molar-refractivity contribution in [2.24, 2.45) is 0 Å². The molecular weight excluding hydrogens is 349 g/mol. The minimum Gasteiger partial charge on any atom is -0.349 e. The van der Waals surface area contributed by atoms with E-state index in [1.807, 2.05) is 0 Å². The Morgan fingerprint density at radius 3 is 2.38 bits per heavy atom. The van der Waals surface area contributed by atoms with E-state index in [4.69, 9.17) is 0 Å². The lowest BCUT2D eigenvalue weighted by Gasteiger charge is -2.29. The van der Waals surface area contributed by atoms with Crippen molar-refractivity contribution in [2.45, 2.75) is 50.0 Å². The molecule has 1 aromatic carbocycles. The number of rotatable bonds is 3. The molecular formula is C17H17F3N4O2. The molecule has 0 radical (unpaired) electrons. The summed E-state index contributed by atoms with van der Waals surface area (Å²) in [5.74, 6) is -1.75. The van der Waals surface area contributed by atoms with Crippen molar-refractivity contribution in [1.82, 2.24) is 20.8 Å². The molecule has 0 spiro atoms. The van der Waals surface area contributed by atoms with Crippen LogP contribution in [0.2, 0.25) is 0 Å². The highest BCUT2D eigenvalue weighted by molar-refractivity contribution is 5.94. The number of alkyl halides is 3. The Balaban J connectivity index is 1.42. The van der Waals surface area contributed by atoms with Crippen molar-refractivity contribution in [3.05, 3.63) is 35.7 Å². The summed E-state index contributed by atoms with van der Waals surface area (Å²) in [7, 11) is 0. The predicted molar refractivity (Wildman–Crippen MR) is 85.2 cm³/mol. The molecule has 2 aliphatic rings. The molecule has 0 aliphatic carbocycles. The number of hydrogen-bond donors (Lipinski definition) is 2. The zero-order chi connectivity index (χ0) is 18.3. The molecule has 2 saturated heterocycles. The molecule has 1 aromatic heterocycles. The van der Waals surface area contributed by atoms with Gasteiger partial charge in [-0.25, -0.2) is 0 Å². The first kappa shape index (κ1) is 17.0. The van der Waals surface area contributed by atoms with Gasteiger partial charge in [-0.15, -0.1) is 0 Å². The lowest BCUT2D eigenvalue weighted by atomic mass is 9.99. The van der Waals surface area contributed by atoms with Crippen molar-refractivity contribution >= 4 is 5.91 Å². The van der Waals surface area contributed by atoms with Gasteiger partial charge in [0.05, 0.1) is 0 Å². The molecule has 6 nitrogen and oxygen atoms in total. The van der Waals surface area contributed by atoms with E-state index in [0.717, 1.165) is 25.7 Å². The molecule has 2 bridgehead atoms. The summed E-state index contributed by atoms with van der Waals surface area (Å²) in [5.41, 5.74) is 0.792. The van der Waals surface area contributed by atoms with Gasteiger partial charge in [0.25, 0.3) is 5.91 Å². The predicted octanol–water partition coefficient (Wildman–Crippen LogP) is 2.77. The van der Waals surface area contributed by atoms with Crippen molar-refractivity contribution in [3.63, 3.8) is 0 Å². The first-order chi connectivity index (χ1) is 12.4. The summed E-state index contributed by atoms with van der Waals surface area (Å²) < 4.78 is 41.8. The SMILES string of the molecule is O=C(NC1C[C@H]2CC[C@@H](C1)N2)c1ccc(-c2noc(C(F)(F)F)n2)cc1. The molecule has 2 aromatic rings. The Hall–Kier alpha value is -2.42. The van der Waals surface area contributed by atoms with Crippen LogP contribution in [-0.4, -0.2) is 34.2 Å². The Kier molecular flexibility index (Phi) is 4.18. The molecule has 3 atom stereocenters. The minimum atomic E-state index is -4.68. The Bertz CT molecular complexity index is 791. The summed E-state index contributed by atoms with van der Waals surface area (Å²) in [6, 6.07) is 7.20. The number of hydrogen-bond acceptors (Lipinski definition) is 5. The average Bonchev–Trinajstić information content (AvgIpc) is 3.22. The van der Waals surface area contributed by atoms with Crippen LogP contribution < -0.4 is 10.6 Å². The molecule has 138 valence electrons. The molecule has 4 rings (SSSR count). The van der Waals surface area contributed by atoms with Crippen molar-refractivity contribution in [3.8, 4) is 11.4 Å². The van der Waals surface area contributed by atoms with E-state index >= 15 is 0 Å². The van der Waals surface area contributed by atoms with Crippen LogP contribution in [0.15, 0.2) is 28.8 Å². The first-order valence-corrected chi connectivity index (χ1v) is 8.47.